The number of benzene rings is 2. The summed E-state index contributed by atoms with van der Waals surface area (Å²) in [7, 11) is 1.62. The average Bonchev–Trinajstić information content (AvgIpc) is 3.47. The lowest BCUT2D eigenvalue weighted by Crippen LogP contribution is -2.28. The van der Waals surface area contributed by atoms with Gasteiger partial charge in [0, 0.05) is 35.3 Å². The summed E-state index contributed by atoms with van der Waals surface area (Å²) in [6.45, 7) is 3.45. The summed E-state index contributed by atoms with van der Waals surface area (Å²) in [4.78, 5) is 31.9. The van der Waals surface area contributed by atoms with Gasteiger partial charge in [-0.3, -0.25) is 9.59 Å². The number of thiazole rings is 1. The molecule has 0 unspecified atom stereocenters. The van der Waals surface area contributed by atoms with Crippen molar-refractivity contribution in [2.75, 3.05) is 25.5 Å². The number of carbonyl (C=O) groups excluding carboxylic acids is 2. The first-order chi connectivity index (χ1) is 14.6. The molecule has 0 atom stereocenters. The number of amides is 2. The second-order valence-electron chi connectivity index (χ2n) is 7.20. The molecule has 1 aliphatic heterocycles. The number of hydrogen-bond acceptors (Lipinski definition) is 5. The van der Waals surface area contributed by atoms with Gasteiger partial charge in [-0.15, -0.1) is 11.3 Å². The predicted octanol–water partition coefficient (Wildman–Crippen LogP) is 4.62. The van der Waals surface area contributed by atoms with Crippen LogP contribution < -0.4 is 10.1 Å². The average molecular weight is 422 g/mol. The fourth-order valence-electron chi connectivity index (χ4n) is 3.52. The summed E-state index contributed by atoms with van der Waals surface area (Å²) >= 11 is 1.41. The van der Waals surface area contributed by atoms with Gasteiger partial charge in [0.1, 0.15) is 16.5 Å². The Labute approximate surface area is 179 Å². The summed E-state index contributed by atoms with van der Waals surface area (Å²) in [5.74, 6) is 0.503. The molecule has 0 radical (unpaired) electrons. The molecule has 6 nitrogen and oxygen atoms in total. The van der Waals surface area contributed by atoms with Crippen LogP contribution in [0.4, 0.5) is 5.69 Å². The molecule has 2 aromatic carbocycles. The van der Waals surface area contributed by atoms with Gasteiger partial charge >= 0.3 is 0 Å². The maximum Gasteiger partial charge on any atom is 0.275 e. The smallest absolute Gasteiger partial charge is 0.275 e. The van der Waals surface area contributed by atoms with E-state index < -0.39 is 0 Å². The fraction of sp³-hybridized carbons (Fsp3) is 0.261. The molecule has 0 spiro atoms. The van der Waals surface area contributed by atoms with Crippen LogP contribution in [-0.4, -0.2) is 41.9 Å². The highest BCUT2D eigenvalue weighted by atomic mass is 32.1. The van der Waals surface area contributed by atoms with Gasteiger partial charge in [-0.05, 0) is 61.7 Å². The zero-order valence-corrected chi connectivity index (χ0v) is 17.8. The summed E-state index contributed by atoms with van der Waals surface area (Å²) in [6.07, 6.45) is 2.09. The minimum atomic E-state index is -0.292. The highest BCUT2D eigenvalue weighted by Crippen LogP contribution is 2.27. The number of nitrogens with one attached hydrogen (secondary N) is 1. The second kappa shape index (κ2) is 8.67. The number of methoxy groups -OCH3 is 1. The molecule has 0 bridgehead atoms. The fourth-order valence-corrected chi connectivity index (χ4v) is 4.33. The third-order valence-electron chi connectivity index (χ3n) is 5.28. The standard InChI is InChI=1S/C23H23N3O3S/c1-15-18(23(28)26-12-3-4-13-26)6-5-7-19(15)24-21(27)20-14-30-22(25-20)16-8-10-17(29-2)11-9-16/h5-11,14H,3-4,12-13H2,1-2H3,(H,24,27). The van der Waals surface area contributed by atoms with Crippen LogP contribution >= 0.6 is 11.3 Å². The Kier molecular flexibility index (Phi) is 5.81. The van der Waals surface area contributed by atoms with E-state index in [1.807, 2.05) is 48.2 Å². The van der Waals surface area contributed by atoms with Gasteiger partial charge < -0.3 is 15.0 Å². The molecule has 1 aromatic heterocycles. The van der Waals surface area contributed by atoms with Crippen molar-refractivity contribution in [1.29, 1.82) is 0 Å². The zero-order valence-electron chi connectivity index (χ0n) is 17.0. The molecule has 1 saturated heterocycles. The van der Waals surface area contributed by atoms with Gasteiger partial charge in [-0.2, -0.15) is 0 Å². The van der Waals surface area contributed by atoms with E-state index in [1.54, 1.807) is 18.6 Å². The normalized spacial score (nSPS) is 13.3. The minimum absolute atomic E-state index is 0.0246. The predicted molar refractivity (Wildman–Crippen MR) is 118 cm³/mol. The molecule has 3 aromatic rings. The number of rotatable bonds is 5. The number of aromatic nitrogens is 1. The third kappa shape index (κ3) is 4.07. The Bertz CT molecular complexity index is 1070. The lowest BCUT2D eigenvalue weighted by Gasteiger charge is -2.18. The van der Waals surface area contributed by atoms with E-state index in [9.17, 15) is 9.59 Å². The van der Waals surface area contributed by atoms with Crippen molar-refractivity contribution in [1.82, 2.24) is 9.88 Å². The van der Waals surface area contributed by atoms with Crippen molar-refractivity contribution >= 4 is 28.8 Å². The highest BCUT2D eigenvalue weighted by molar-refractivity contribution is 7.13. The zero-order chi connectivity index (χ0) is 21.1. The highest BCUT2D eigenvalue weighted by Gasteiger charge is 2.22. The van der Waals surface area contributed by atoms with Crippen molar-refractivity contribution in [3.63, 3.8) is 0 Å². The number of carbonyl (C=O) groups is 2. The molecule has 2 heterocycles. The molecule has 2 amide bonds. The molecular weight excluding hydrogens is 398 g/mol. The molecule has 30 heavy (non-hydrogen) atoms. The first-order valence-electron chi connectivity index (χ1n) is 9.87. The molecule has 7 heteroatoms. The molecule has 4 rings (SSSR count). The largest absolute Gasteiger partial charge is 0.497 e. The van der Waals surface area contributed by atoms with Crippen molar-refractivity contribution in [2.24, 2.45) is 0 Å². The molecule has 154 valence electrons. The van der Waals surface area contributed by atoms with Crippen LogP contribution in [0.5, 0.6) is 5.75 Å². The number of nitrogens with zero attached hydrogens (tertiary/aromatic N) is 2. The molecule has 1 N–H and O–H groups in total. The van der Waals surface area contributed by atoms with E-state index in [0.29, 0.717) is 16.9 Å². The lowest BCUT2D eigenvalue weighted by atomic mass is 10.1. The van der Waals surface area contributed by atoms with E-state index >= 15 is 0 Å². The molecule has 0 saturated carbocycles. The Morgan fingerprint density at radius 1 is 1.10 bits per heavy atom. The van der Waals surface area contributed by atoms with Crippen LogP contribution in [0, 0.1) is 6.92 Å². The molecule has 0 aliphatic carbocycles. The van der Waals surface area contributed by atoms with Gasteiger partial charge in [0.05, 0.1) is 7.11 Å². The van der Waals surface area contributed by atoms with Gasteiger partial charge in [0.25, 0.3) is 11.8 Å². The van der Waals surface area contributed by atoms with Gasteiger partial charge in [-0.1, -0.05) is 6.07 Å². The SMILES string of the molecule is COc1ccc(-c2nc(C(=O)Nc3cccc(C(=O)N4CCCC4)c3C)cs2)cc1. The molecular formula is C23H23N3O3S. The third-order valence-corrected chi connectivity index (χ3v) is 6.17. The van der Waals surface area contributed by atoms with Crippen LogP contribution in [0.25, 0.3) is 10.6 Å². The Hall–Kier alpha value is -3.19. The first-order valence-corrected chi connectivity index (χ1v) is 10.7. The summed E-state index contributed by atoms with van der Waals surface area (Å²) < 4.78 is 5.18. The Morgan fingerprint density at radius 2 is 1.83 bits per heavy atom. The van der Waals surface area contributed by atoms with Crippen molar-refractivity contribution in [3.8, 4) is 16.3 Å². The molecule has 1 fully saturated rings. The maximum absolute atomic E-state index is 12.8. The van der Waals surface area contributed by atoms with Gasteiger partial charge in [-0.25, -0.2) is 4.98 Å². The summed E-state index contributed by atoms with van der Waals surface area (Å²) in [6, 6.07) is 13.0. The maximum atomic E-state index is 12.8. The van der Waals surface area contributed by atoms with Gasteiger partial charge in [0.2, 0.25) is 0 Å². The van der Waals surface area contributed by atoms with E-state index in [0.717, 1.165) is 47.8 Å². The minimum Gasteiger partial charge on any atom is -0.497 e. The van der Waals surface area contributed by atoms with Crippen molar-refractivity contribution in [2.45, 2.75) is 19.8 Å². The van der Waals surface area contributed by atoms with Crippen molar-refractivity contribution < 1.29 is 14.3 Å². The van der Waals surface area contributed by atoms with Crippen LogP contribution in [0.1, 0.15) is 39.3 Å². The van der Waals surface area contributed by atoms with Crippen LogP contribution in [0.3, 0.4) is 0 Å². The number of hydrogen-bond donors (Lipinski definition) is 1. The van der Waals surface area contributed by atoms with E-state index in [1.165, 1.54) is 11.3 Å². The Morgan fingerprint density at radius 3 is 2.53 bits per heavy atom. The number of anilines is 1. The van der Waals surface area contributed by atoms with E-state index in [2.05, 4.69) is 10.3 Å². The second-order valence-corrected chi connectivity index (χ2v) is 8.06. The first kappa shape index (κ1) is 20.1. The van der Waals surface area contributed by atoms with E-state index in [4.69, 9.17) is 4.74 Å². The van der Waals surface area contributed by atoms with Crippen LogP contribution in [0.2, 0.25) is 0 Å². The van der Waals surface area contributed by atoms with Crippen LogP contribution in [-0.2, 0) is 0 Å². The monoisotopic (exact) mass is 421 g/mol. The Balaban J connectivity index is 1.51. The summed E-state index contributed by atoms with van der Waals surface area (Å²) in [5.41, 5.74) is 3.31. The van der Waals surface area contributed by atoms with Gasteiger partial charge in [0.15, 0.2) is 0 Å². The quantitative estimate of drug-likeness (QED) is 0.653. The topological polar surface area (TPSA) is 71.5 Å². The lowest BCUT2D eigenvalue weighted by molar-refractivity contribution is 0.0791. The number of ether oxygens (including phenoxy) is 1. The molecule has 1 aliphatic rings. The number of likely N-dealkylation sites (tertiary alicyclic amines) is 1. The van der Waals surface area contributed by atoms with E-state index in [-0.39, 0.29) is 11.8 Å². The summed E-state index contributed by atoms with van der Waals surface area (Å²) in [5, 5.41) is 5.41. The van der Waals surface area contributed by atoms with Crippen LogP contribution in [0.15, 0.2) is 47.8 Å². The van der Waals surface area contributed by atoms with Crippen molar-refractivity contribution in [3.05, 3.63) is 64.7 Å².